The number of benzene rings is 1. The molecule has 1 rings (SSSR count). The van der Waals surface area contributed by atoms with Gasteiger partial charge in [0, 0.05) is 5.56 Å². The summed E-state index contributed by atoms with van der Waals surface area (Å²) >= 11 is 11.3. The highest BCUT2D eigenvalue weighted by Gasteiger charge is 2.07. The van der Waals surface area contributed by atoms with Crippen LogP contribution in [-0.4, -0.2) is 5.91 Å². The first-order chi connectivity index (χ1) is 5.52. The summed E-state index contributed by atoms with van der Waals surface area (Å²) in [7, 11) is 0. The van der Waals surface area contributed by atoms with Crippen LogP contribution in [0.25, 0.3) is 0 Å². The SMILES string of the molecule is NC(=O)c1cc(Cl)c(N)c(Cl)c1. The molecule has 0 spiro atoms. The molecule has 0 atom stereocenters. The minimum atomic E-state index is -0.584. The van der Waals surface area contributed by atoms with E-state index >= 15 is 0 Å². The zero-order valence-electron chi connectivity index (χ0n) is 5.97. The molecule has 0 aromatic heterocycles. The largest absolute Gasteiger partial charge is 0.396 e. The maximum Gasteiger partial charge on any atom is 0.248 e. The van der Waals surface area contributed by atoms with Gasteiger partial charge in [-0.25, -0.2) is 0 Å². The first-order valence-corrected chi connectivity index (χ1v) is 3.82. The standard InChI is InChI=1S/C7H6Cl2N2O/c8-4-1-3(7(11)12)2-5(9)6(4)10/h1-2H,10H2,(H2,11,12). The fourth-order valence-electron chi connectivity index (χ4n) is 0.727. The second kappa shape index (κ2) is 3.21. The van der Waals surface area contributed by atoms with Gasteiger partial charge < -0.3 is 11.5 Å². The van der Waals surface area contributed by atoms with Gasteiger partial charge in [0.2, 0.25) is 5.91 Å². The third-order valence-electron chi connectivity index (χ3n) is 1.36. The normalized spacial score (nSPS) is 9.83. The highest BCUT2D eigenvalue weighted by molar-refractivity contribution is 6.39. The van der Waals surface area contributed by atoms with E-state index in [1.807, 2.05) is 0 Å². The lowest BCUT2D eigenvalue weighted by molar-refractivity contribution is 0.100. The van der Waals surface area contributed by atoms with E-state index in [-0.39, 0.29) is 21.3 Å². The minimum Gasteiger partial charge on any atom is -0.396 e. The third-order valence-corrected chi connectivity index (χ3v) is 1.99. The zero-order chi connectivity index (χ0) is 9.30. The summed E-state index contributed by atoms with van der Waals surface area (Å²) in [6.07, 6.45) is 0. The average Bonchev–Trinajstić information content (AvgIpc) is 1.99. The van der Waals surface area contributed by atoms with Gasteiger partial charge >= 0.3 is 0 Å². The van der Waals surface area contributed by atoms with Crippen molar-refractivity contribution >= 4 is 34.8 Å². The van der Waals surface area contributed by atoms with Crippen LogP contribution in [0.2, 0.25) is 10.0 Å². The maximum atomic E-state index is 10.7. The molecule has 3 nitrogen and oxygen atoms in total. The number of primary amides is 1. The van der Waals surface area contributed by atoms with Crippen molar-refractivity contribution in [2.75, 3.05) is 5.73 Å². The Bertz CT molecular complexity index is 315. The van der Waals surface area contributed by atoms with Gasteiger partial charge in [0.1, 0.15) is 0 Å². The number of carbonyl (C=O) groups excluding carboxylic acids is 1. The molecule has 0 bridgehead atoms. The predicted octanol–water partition coefficient (Wildman–Crippen LogP) is 1.67. The Morgan fingerprint density at radius 1 is 1.25 bits per heavy atom. The molecule has 5 heteroatoms. The predicted molar refractivity (Wildman–Crippen MR) is 49.4 cm³/mol. The molecule has 12 heavy (non-hydrogen) atoms. The van der Waals surface area contributed by atoms with Crippen LogP contribution >= 0.6 is 23.2 Å². The molecule has 0 aliphatic heterocycles. The van der Waals surface area contributed by atoms with Crippen molar-refractivity contribution in [1.82, 2.24) is 0 Å². The monoisotopic (exact) mass is 204 g/mol. The number of anilines is 1. The summed E-state index contributed by atoms with van der Waals surface area (Å²) in [5, 5.41) is 0.465. The van der Waals surface area contributed by atoms with Crippen LogP contribution in [0, 0.1) is 0 Å². The second-order valence-corrected chi connectivity index (χ2v) is 3.03. The molecule has 0 saturated carbocycles. The molecule has 0 fully saturated rings. The summed E-state index contributed by atoms with van der Waals surface area (Å²) in [5.41, 5.74) is 10.9. The van der Waals surface area contributed by atoms with Crippen molar-refractivity contribution in [2.45, 2.75) is 0 Å². The van der Waals surface area contributed by atoms with Crippen molar-refractivity contribution in [1.29, 1.82) is 0 Å². The Morgan fingerprint density at radius 3 is 2.00 bits per heavy atom. The van der Waals surface area contributed by atoms with Crippen molar-refractivity contribution < 1.29 is 4.79 Å². The van der Waals surface area contributed by atoms with Crippen LogP contribution in [0.15, 0.2) is 12.1 Å². The van der Waals surface area contributed by atoms with E-state index in [1.54, 1.807) is 0 Å². The quantitative estimate of drug-likeness (QED) is 0.684. The second-order valence-electron chi connectivity index (χ2n) is 2.22. The highest BCUT2D eigenvalue weighted by atomic mass is 35.5. The van der Waals surface area contributed by atoms with Gasteiger partial charge in [-0.1, -0.05) is 23.2 Å². The lowest BCUT2D eigenvalue weighted by Crippen LogP contribution is -2.11. The average molecular weight is 205 g/mol. The number of hydrogen-bond acceptors (Lipinski definition) is 2. The molecule has 1 aromatic carbocycles. The van der Waals surface area contributed by atoms with Gasteiger partial charge in [-0.05, 0) is 12.1 Å². The molecular weight excluding hydrogens is 199 g/mol. The molecule has 0 aliphatic rings. The summed E-state index contributed by atoms with van der Waals surface area (Å²) in [6, 6.07) is 2.76. The van der Waals surface area contributed by atoms with E-state index in [9.17, 15) is 4.79 Å². The number of nitrogens with two attached hydrogens (primary N) is 2. The van der Waals surface area contributed by atoms with Crippen LogP contribution in [0.1, 0.15) is 10.4 Å². The van der Waals surface area contributed by atoms with E-state index in [1.165, 1.54) is 12.1 Å². The molecule has 1 amide bonds. The van der Waals surface area contributed by atoms with Crippen molar-refractivity contribution in [3.63, 3.8) is 0 Å². The molecule has 0 heterocycles. The first-order valence-electron chi connectivity index (χ1n) is 3.06. The number of nitrogen functional groups attached to an aromatic ring is 1. The third kappa shape index (κ3) is 1.62. The topological polar surface area (TPSA) is 69.1 Å². The van der Waals surface area contributed by atoms with E-state index < -0.39 is 5.91 Å². The Labute approximate surface area is 79.2 Å². The molecular formula is C7H6Cl2N2O. The first kappa shape index (κ1) is 9.16. The van der Waals surface area contributed by atoms with Gasteiger partial charge in [0.25, 0.3) is 0 Å². The number of carbonyl (C=O) groups is 1. The zero-order valence-corrected chi connectivity index (χ0v) is 7.49. The summed E-state index contributed by atoms with van der Waals surface area (Å²) in [6.45, 7) is 0. The fourth-order valence-corrected chi connectivity index (χ4v) is 1.21. The fraction of sp³-hybridized carbons (Fsp3) is 0. The van der Waals surface area contributed by atoms with Crippen LogP contribution in [0.4, 0.5) is 5.69 Å². The molecule has 1 aromatic rings. The Kier molecular flexibility index (Phi) is 2.45. The molecule has 0 unspecified atom stereocenters. The Morgan fingerprint density at radius 2 is 1.67 bits per heavy atom. The number of hydrogen-bond donors (Lipinski definition) is 2. The smallest absolute Gasteiger partial charge is 0.248 e. The molecule has 0 radical (unpaired) electrons. The Balaban J connectivity index is 3.31. The molecule has 0 aliphatic carbocycles. The molecule has 0 saturated heterocycles. The van der Waals surface area contributed by atoms with Crippen LogP contribution in [-0.2, 0) is 0 Å². The maximum absolute atomic E-state index is 10.7. The number of halogens is 2. The van der Waals surface area contributed by atoms with Crippen LogP contribution in [0.5, 0.6) is 0 Å². The van der Waals surface area contributed by atoms with E-state index in [0.717, 1.165) is 0 Å². The van der Waals surface area contributed by atoms with Crippen LogP contribution < -0.4 is 11.5 Å². The van der Waals surface area contributed by atoms with E-state index in [4.69, 9.17) is 34.7 Å². The highest BCUT2D eigenvalue weighted by Crippen LogP contribution is 2.28. The number of rotatable bonds is 1. The summed E-state index contributed by atoms with van der Waals surface area (Å²) in [5.74, 6) is -0.584. The van der Waals surface area contributed by atoms with E-state index in [2.05, 4.69) is 0 Å². The van der Waals surface area contributed by atoms with Gasteiger partial charge in [0.15, 0.2) is 0 Å². The summed E-state index contributed by atoms with van der Waals surface area (Å²) in [4.78, 5) is 10.7. The lowest BCUT2D eigenvalue weighted by atomic mass is 10.2. The van der Waals surface area contributed by atoms with Crippen molar-refractivity contribution in [3.8, 4) is 0 Å². The van der Waals surface area contributed by atoms with Gasteiger partial charge in [-0.2, -0.15) is 0 Å². The van der Waals surface area contributed by atoms with Crippen LogP contribution in [0.3, 0.4) is 0 Å². The molecule has 64 valence electrons. The van der Waals surface area contributed by atoms with Crippen molar-refractivity contribution in [2.24, 2.45) is 5.73 Å². The van der Waals surface area contributed by atoms with Gasteiger partial charge in [-0.3, -0.25) is 4.79 Å². The number of amides is 1. The molecule has 4 N–H and O–H groups in total. The summed E-state index contributed by atoms with van der Waals surface area (Å²) < 4.78 is 0. The van der Waals surface area contributed by atoms with Gasteiger partial charge in [0.05, 0.1) is 15.7 Å². The van der Waals surface area contributed by atoms with E-state index in [0.29, 0.717) is 0 Å². The Hall–Kier alpha value is -0.930. The van der Waals surface area contributed by atoms with Gasteiger partial charge in [-0.15, -0.1) is 0 Å². The minimum absolute atomic E-state index is 0.233. The van der Waals surface area contributed by atoms with Crippen molar-refractivity contribution in [3.05, 3.63) is 27.7 Å². The lowest BCUT2D eigenvalue weighted by Gasteiger charge is -2.02.